The van der Waals surface area contributed by atoms with Crippen LogP contribution in [0.1, 0.15) is 30.0 Å². The first-order valence-electron chi connectivity index (χ1n) is 8.03. The maximum Gasteiger partial charge on any atom is 0.0702 e. The lowest BCUT2D eigenvalue weighted by molar-refractivity contribution is 0.248. The van der Waals surface area contributed by atoms with E-state index in [4.69, 9.17) is 0 Å². The van der Waals surface area contributed by atoms with Crippen molar-refractivity contribution in [3.63, 3.8) is 0 Å². The maximum absolute atomic E-state index is 4.64. The van der Waals surface area contributed by atoms with E-state index in [1.54, 1.807) is 0 Å². The van der Waals surface area contributed by atoms with Crippen molar-refractivity contribution < 1.29 is 0 Å². The van der Waals surface area contributed by atoms with E-state index in [2.05, 4.69) is 70.7 Å². The average molecular weight is 288 g/mol. The standard InChI is InChI=1S/C20H20N2/c1-2-7-16(8-3-1)15-22-12-6-11-20(22)18-13-17-9-4-5-10-19(17)21-14-18/h1-5,7-10,13-14,20H,6,11-12,15H2/t20-/m0/s1. The molecule has 2 heteroatoms. The lowest BCUT2D eigenvalue weighted by atomic mass is 10.0. The highest BCUT2D eigenvalue weighted by Crippen LogP contribution is 2.33. The van der Waals surface area contributed by atoms with Crippen LogP contribution in [0.5, 0.6) is 0 Å². The zero-order valence-electron chi connectivity index (χ0n) is 12.7. The van der Waals surface area contributed by atoms with Gasteiger partial charge in [-0.3, -0.25) is 9.88 Å². The summed E-state index contributed by atoms with van der Waals surface area (Å²) in [6, 6.07) is 21.9. The van der Waals surface area contributed by atoms with E-state index >= 15 is 0 Å². The molecule has 2 nitrogen and oxygen atoms in total. The molecule has 0 radical (unpaired) electrons. The second kappa shape index (κ2) is 5.90. The summed E-state index contributed by atoms with van der Waals surface area (Å²) in [5.41, 5.74) is 3.83. The van der Waals surface area contributed by atoms with Gasteiger partial charge >= 0.3 is 0 Å². The number of aromatic nitrogens is 1. The van der Waals surface area contributed by atoms with Crippen molar-refractivity contribution in [2.24, 2.45) is 0 Å². The van der Waals surface area contributed by atoms with Crippen LogP contribution in [-0.2, 0) is 6.54 Å². The Bertz CT molecular complexity index is 767. The first kappa shape index (κ1) is 13.5. The third-order valence-electron chi connectivity index (χ3n) is 4.59. The highest BCUT2D eigenvalue weighted by atomic mass is 15.2. The van der Waals surface area contributed by atoms with E-state index in [1.165, 1.54) is 35.9 Å². The fraction of sp³-hybridized carbons (Fsp3) is 0.250. The first-order valence-corrected chi connectivity index (χ1v) is 8.03. The molecular weight excluding hydrogens is 268 g/mol. The number of nitrogens with zero attached hydrogens (tertiary/aromatic N) is 2. The highest BCUT2D eigenvalue weighted by Gasteiger charge is 2.26. The number of para-hydroxylation sites is 1. The Morgan fingerprint density at radius 3 is 2.73 bits per heavy atom. The van der Waals surface area contributed by atoms with E-state index in [0.29, 0.717) is 6.04 Å². The smallest absolute Gasteiger partial charge is 0.0702 e. The van der Waals surface area contributed by atoms with E-state index in [0.717, 1.165) is 12.1 Å². The van der Waals surface area contributed by atoms with Crippen LogP contribution in [0, 0.1) is 0 Å². The van der Waals surface area contributed by atoms with Crippen molar-refractivity contribution in [2.75, 3.05) is 6.54 Å². The minimum atomic E-state index is 0.498. The van der Waals surface area contributed by atoms with Crippen molar-refractivity contribution in [3.8, 4) is 0 Å². The van der Waals surface area contributed by atoms with Gasteiger partial charge in [0.05, 0.1) is 5.52 Å². The monoisotopic (exact) mass is 288 g/mol. The molecule has 1 aliphatic rings. The number of likely N-dealkylation sites (tertiary alicyclic amines) is 1. The molecule has 1 atom stereocenters. The zero-order valence-corrected chi connectivity index (χ0v) is 12.7. The van der Waals surface area contributed by atoms with Gasteiger partial charge in [0.25, 0.3) is 0 Å². The molecule has 4 rings (SSSR count). The molecule has 1 aliphatic heterocycles. The van der Waals surface area contributed by atoms with Gasteiger partial charge in [0, 0.05) is 24.2 Å². The van der Waals surface area contributed by atoms with Gasteiger partial charge in [0.15, 0.2) is 0 Å². The van der Waals surface area contributed by atoms with E-state index < -0.39 is 0 Å². The van der Waals surface area contributed by atoms with Crippen LogP contribution >= 0.6 is 0 Å². The average Bonchev–Trinajstić information content (AvgIpc) is 3.03. The molecule has 110 valence electrons. The molecule has 1 saturated heterocycles. The molecule has 0 aliphatic carbocycles. The molecule has 0 N–H and O–H groups in total. The van der Waals surface area contributed by atoms with Crippen LogP contribution in [-0.4, -0.2) is 16.4 Å². The minimum Gasteiger partial charge on any atom is -0.292 e. The van der Waals surface area contributed by atoms with Crippen LogP contribution in [0.25, 0.3) is 10.9 Å². The molecule has 2 heterocycles. The number of rotatable bonds is 3. The summed E-state index contributed by atoms with van der Waals surface area (Å²) in [4.78, 5) is 7.23. The molecule has 0 spiro atoms. The van der Waals surface area contributed by atoms with Crippen LogP contribution < -0.4 is 0 Å². The molecule has 0 amide bonds. The third kappa shape index (κ3) is 2.62. The Kier molecular flexibility index (Phi) is 3.61. The summed E-state index contributed by atoms with van der Waals surface area (Å²) in [5.74, 6) is 0. The summed E-state index contributed by atoms with van der Waals surface area (Å²) < 4.78 is 0. The number of hydrogen-bond acceptors (Lipinski definition) is 2. The molecule has 0 unspecified atom stereocenters. The van der Waals surface area contributed by atoms with Crippen molar-refractivity contribution in [1.29, 1.82) is 0 Å². The molecule has 22 heavy (non-hydrogen) atoms. The molecule has 0 saturated carbocycles. The van der Waals surface area contributed by atoms with E-state index in [9.17, 15) is 0 Å². The van der Waals surface area contributed by atoms with Crippen molar-refractivity contribution >= 4 is 10.9 Å². The van der Waals surface area contributed by atoms with Gasteiger partial charge in [0.2, 0.25) is 0 Å². The molecule has 2 aromatic carbocycles. The lowest BCUT2D eigenvalue weighted by Gasteiger charge is -2.25. The van der Waals surface area contributed by atoms with Gasteiger partial charge in [-0.1, -0.05) is 48.5 Å². The largest absolute Gasteiger partial charge is 0.292 e. The van der Waals surface area contributed by atoms with Gasteiger partial charge in [-0.15, -0.1) is 0 Å². The van der Waals surface area contributed by atoms with Gasteiger partial charge in [0.1, 0.15) is 0 Å². The quantitative estimate of drug-likeness (QED) is 0.701. The van der Waals surface area contributed by atoms with E-state index in [1.807, 2.05) is 6.07 Å². The molecule has 0 bridgehead atoms. The third-order valence-corrected chi connectivity index (χ3v) is 4.59. The maximum atomic E-state index is 4.64. The Balaban J connectivity index is 1.61. The highest BCUT2D eigenvalue weighted by molar-refractivity contribution is 5.78. The van der Waals surface area contributed by atoms with Crippen LogP contribution in [0.2, 0.25) is 0 Å². The summed E-state index contributed by atoms with van der Waals surface area (Å²) in [5, 5.41) is 1.24. The number of hydrogen-bond donors (Lipinski definition) is 0. The fourth-order valence-corrected chi connectivity index (χ4v) is 3.48. The molecule has 1 aromatic heterocycles. The minimum absolute atomic E-state index is 0.498. The normalized spacial score (nSPS) is 18.8. The van der Waals surface area contributed by atoms with Crippen molar-refractivity contribution in [1.82, 2.24) is 9.88 Å². The Morgan fingerprint density at radius 1 is 1.00 bits per heavy atom. The number of benzene rings is 2. The van der Waals surface area contributed by atoms with Crippen molar-refractivity contribution in [3.05, 3.63) is 78.0 Å². The molecular formula is C20H20N2. The summed E-state index contributed by atoms with van der Waals surface area (Å²) >= 11 is 0. The van der Waals surface area contributed by atoms with Gasteiger partial charge in [-0.2, -0.15) is 0 Å². The van der Waals surface area contributed by atoms with Crippen LogP contribution in [0.3, 0.4) is 0 Å². The predicted molar refractivity (Wildman–Crippen MR) is 90.6 cm³/mol. The van der Waals surface area contributed by atoms with Crippen molar-refractivity contribution in [2.45, 2.75) is 25.4 Å². The Hall–Kier alpha value is -2.19. The zero-order chi connectivity index (χ0) is 14.8. The number of pyridine rings is 1. The van der Waals surface area contributed by atoms with Gasteiger partial charge < -0.3 is 0 Å². The Morgan fingerprint density at radius 2 is 1.82 bits per heavy atom. The van der Waals surface area contributed by atoms with Gasteiger partial charge in [-0.25, -0.2) is 0 Å². The predicted octanol–water partition coefficient (Wildman–Crippen LogP) is 4.57. The van der Waals surface area contributed by atoms with Crippen LogP contribution in [0.4, 0.5) is 0 Å². The van der Waals surface area contributed by atoms with E-state index in [-0.39, 0.29) is 0 Å². The van der Waals surface area contributed by atoms with Gasteiger partial charge in [-0.05, 0) is 42.6 Å². The summed E-state index contributed by atoms with van der Waals surface area (Å²) in [6.07, 6.45) is 4.56. The topological polar surface area (TPSA) is 16.1 Å². The summed E-state index contributed by atoms with van der Waals surface area (Å²) in [7, 11) is 0. The van der Waals surface area contributed by atoms with Crippen LogP contribution in [0.15, 0.2) is 66.9 Å². The molecule has 1 fully saturated rings. The summed E-state index contributed by atoms with van der Waals surface area (Å²) in [6.45, 7) is 2.20. The first-order chi connectivity index (χ1) is 10.9. The number of fused-ring (bicyclic) bond motifs is 1. The lowest BCUT2D eigenvalue weighted by Crippen LogP contribution is -2.22. The SMILES string of the molecule is c1ccc(CN2CCC[C@H]2c2cnc3ccccc3c2)cc1. The second-order valence-corrected chi connectivity index (χ2v) is 6.08. The fourth-order valence-electron chi connectivity index (χ4n) is 3.48. The second-order valence-electron chi connectivity index (χ2n) is 6.08. The molecule has 3 aromatic rings. The Labute approximate surface area is 131 Å².